The van der Waals surface area contributed by atoms with Crippen molar-refractivity contribution in [3.8, 4) is 24.7 Å². The van der Waals surface area contributed by atoms with Crippen molar-refractivity contribution in [1.29, 1.82) is 0 Å². The predicted molar refractivity (Wildman–Crippen MR) is 185 cm³/mol. The van der Waals surface area contributed by atoms with Crippen molar-refractivity contribution < 1.29 is 33.7 Å². The van der Waals surface area contributed by atoms with E-state index in [1.807, 2.05) is 0 Å². The van der Waals surface area contributed by atoms with E-state index in [0.717, 1.165) is 12.2 Å². The molecular weight excluding hydrogens is 689 g/mol. The number of hydrogen-bond acceptors (Lipinski definition) is 8. The van der Waals surface area contributed by atoms with Gasteiger partial charge >= 0.3 is 0 Å². The fourth-order valence-electron chi connectivity index (χ4n) is 5.35. The van der Waals surface area contributed by atoms with Crippen LogP contribution in [0.2, 0.25) is 0 Å². The maximum Gasteiger partial charge on any atom is 0.200 e. The van der Waals surface area contributed by atoms with Gasteiger partial charge in [0.2, 0.25) is 0 Å². The summed E-state index contributed by atoms with van der Waals surface area (Å²) in [6.07, 6.45) is 10.5. The third-order valence-electron chi connectivity index (χ3n) is 7.94. The molecule has 0 amide bonds. The Morgan fingerprint density at radius 1 is 0.417 bits per heavy atom. The highest BCUT2D eigenvalue weighted by atomic mass is 32.3. The van der Waals surface area contributed by atoms with Gasteiger partial charge in [-0.15, -0.1) is 24.7 Å². The van der Waals surface area contributed by atoms with Gasteiger partial charge in [-0.3, -0.25) is 0 Å². The summed E-state index contributed by atoms with van der Waals surface area (Å²) in [4.78, 5) is -1.19. The first-order chi connectivity index (χ1) is 22.7. The van der Waals surface area contributed by atoms with Crippen molar-refractivity contribution >= 4 is 39.3 Å². The van der Waals surface area contributed by atoms with Crippen LogP contribution in [0.15, 0.2) is 153 Å². The first kappa shape index (κ1) is 36.4. The zero-order valence-electron chi connectivity index (χ0n) is 25.6. The summed E-state index contributed by atoms with van der Waals surface area (Å²) >= 11 is 0. The molecule has 8 nitrogen and oxygen atoms in total. The summed E-state index contributed by atoms with van der Waals surface area (Å²) < 4.78 is 109. The highest BCUT2D eigenvalue weighted by Gasteiger charge is 2.56. The van der Waals surface area contributed by atoms with Gasteiger partial charge in [-0.05, 0) is 48.5 Å². The monoisotopic (exact) mass is 720 g/mol. The van der Waals surface area contributed by atoms with Crippen LogP contribution in [0.4, 0.5) is 0 Å². The minimum absolute atomic E-state index is 0.298. The lowest BCUT2D eigenvalue weighted by Crippen LogP contribution is -2.46. The van der Waals surface area contributed by atoms with Gasteiger partial charge in [0.25, 0.3) is 0 Å². The van der Waals surface area contributed by atoms with Gasteiger partial charge in [-0.1, -0.05) is 84.9 Å². The van der Waals surface area contributed by atoms with E-state index in [9.17, 15) is 33.7 Å². The van der Waals surface area contributed by atoms with Gasteiger partial charge in [0.05, 0.1) is 19.6 Å². The van der Waals surface area contributed by atoms with E-state index in [4.69, 9.17) is 12.8 Å². The van der Waals surface area contributed by atoms with Crippen LogP contribution in [0.1, 0.15) is 25.7 Å². The van der Waals surface area contributed by atoms with Crippen LogP contribution >= 0.6 is 0 Å². The normalized spacial score (nSPS) is 13.0. The van der Waals surface area contributed by atoms with Crippen molar-refractivity contribution in [3.63, 3.8) is 0 Å². The third kappa shape index (κ3) is 6.25. The summed E-state index contributed by atoms with van der Waals surface area (Å²) in [6.45, 7) is 0. The van der Waals surface area contributed by atoms with Crippen LogP contribution in [0, 0.1) is 24.7 Å². The molecule has 0 heterocycles. The van der Waals surface area contributed by atoms with Gasteiger partial charge in [0.15, 0.2) is 47.5 Å². The number of terminal acetylenes is 2. The van der Waals surface area contributed by atoms with Crippen LogP contribution in [0.25, 0.3) is 0 Å². The summed E-state index contributed by atoms with van der Waals surface area (Å²) in [5.41, 5.74) is 0. The fraction of sp³-hybridized carbons (Fsp3) is 0.167. The number of benzene rings is 4. The van der Waals surface area contributed by atoms with Crippen LogP contribution in [0.3, 0.4) is 0 Å². The van der Waals surface area contributed by atoms with Crippen molar-refractivity contribution in [1.82, 2.24) is 0 Å². The highest BCUT2D eigenvalue weighted by Crippen LogP contribution is 2.44. The second-order valence-electron chi connectivity index (χ2n) is 10.7. The molecule has 4 aromatic rings. The van der Waals surface area contributed by atoms with E-state index in [-0.39, 0.29) is 19.6 Å². The van der Waals surface area contributed by atoms with Crippen molar-refractivity contribution in [2.75, 3.05) is 0 Å². The molecular formula is C36H32O8S4. The molecule has 248 valence electrons. The van der Waals surface area contributed by atoms with Crippen LogP contribution < -0.4 is 0 Å². The van der Waals surface area contributed by atoms with Crippen molar-refractivity contribution in [2.24, 2.45) is 0 Å². The minimum Gasteiger partial charge on any atom is -0.222 e. The Hall–Kier alpha value is -4.46. The summed E-state index contributed by atoms with van der Waals surface area (Å²) in [7, 11) is -19.0. The second-order valence-corrected chi connectivity index (χ2v) is 20.3. The average Bonchev–Trinajstić information content (AvgIpc) is 3.10. The Kier molecular flexibility index (Phi) is 10.9. The Labute approximate surface area is 283 Å². The zero-order chi connectivity index (χ0) is 35.1. The van der Waals surface area contributed by atoms with E-state index in [1.54, 1.807) is 24.3 Å². The van der Waals surface area contributed by atoms with E-state index in [0.29, 0.717) is 0 Å². The molecule has 0 fully saturated rings. The first-order valence-corrected chi connectivity index (χ1v) is 20.4. The Morgan fingerprint density at radius 3 is 0.812 bits per heavy atom. The van der Waals surface area contributed by atoms with Gasteiger partial charge in [-0.2, -0.15) is 0 Å². The lowest BCUT2D eigenvalue weighted by atomic mass is 10.1. The fourth-order valence-corrected chi connectivity index (χ4v) is 14.9. The van der Waals surface area contributed by atoms with E-state index >= 15 is 0 Å². The summed E-state index contributed by atoms with van der Waals surface area (Å²) in [5, 5.41) is 0. The van der Waals surface area contributed by atoms with Crippen LogP contribution in [-0.2, 0) is 39.3 Å². The molecule has 48 heavy (non-hydrogen) atoms. The molecule has 0 bridgehead atoms. The molecule has 0 atom stereocenters. The summed E-state index contributed by atoms with van der Waals surface area (Å²) in [6, 6.07) is 27.8. The lowest BCUT2D eigenvalue weighted by Gasteiger charge is -2.32. The molecule has 0 aliphatic rings. The highest BCUT2D eigenvalue weighted by molar-refractivity contribution is 8.11. The Balaban J connectivity index is 1.94. The topological polar surface area (TPSA) is 137 Å². The molecule has 0 aromatic heterocycles. The molecule has 4 aromatic carbocycles. The number of hydrogen-bond donors (Lipinski definition) is 0. The molecule has 0 unspecified atom stereocenters. The minimum atomic E-state index is -4.75. The Bertz CT molecular complexity index is 1980. The average molecular weight is 721 g/mol. The number of allylic oxidation sites excluding steroid dienone is 2. The van der Waals surface area contributed by atoms with E-state index in [1.165, 1.54) is 97.1 Å². The largest absolute Gasteiger partial charge is 0.222 e. The van der Waals surface area contributed by atoms with Gasteiger partial charge in [-0.25, -0.2) is 33.7 Å². The smallest absolute Gasteiger partial charge is 0.200 e. The van der Waals surface area contributed by atoms with Gasteiger partial charge in [0.1, 0.15) is 0 Å². The molecule has 4 rings (SSSR count). The quantitative estimate of drug-likeness (QED) is 0.120. The SMILES string of the molecule is C#CCC(C/C=C/CC(CC#C)(S(=O)(=O)c1ccccc1)S(=O)(=O)c1ccccc1)(S(=O)(=O)c1ccccc1)S(=O)(=O)c1ccccc1. The van der Waals surface area contributed by atoms with Crippen molar-refractivity contribution in [3.05, 3.63) is 133 Å². The number of sulfone groups is 4. The second kappa shape index (κ2) is 14.3. The molecule has 0 N–H and O–H groups in total. The molecule has 0 aliphatic heterocycles. The molecule has 12 heteroatoms. The standard InChI is InChI=1S/C36H32O8S4/c1-3-27-35(45(37,38)31-19-9-5-10-20-31,46(39,40)32-21-11-6-12-22-32)29-17-18-30-36(28-4-2,47(41,42)33-23-13-7-14-24-33)48(43,44)34-25-15-8-16-26-34/h1-2,5-26H,27-30H2/b18-17+. The van der Waals surface area contributed by atoms with Gasteiger partial charge < -0.3 is 0 Å². The lowest BCUT2D eigenvalue weighted by molar-refractivity contribution is 0.533. The van der Waals surface area contributed by atoms with Crippen LogP contribution in [0.5, 0.6) is 0 Å². The van der Waals surface area contributed by atoms with Gasteiger partial charge in [0, 0.05) is 25.7 Å². The van der Waals surface area contributed by atoms with Crippen LogP contribution in [-0.4, -0.2) is 41.8 Å². The molecule has 0 aliphatic carbocycles. The van der Waals surface area contributed by atoms with E-state index < -0.39 is 73.2 Å². The predicted octanol–water partition coefficient (Wildman–Crippen LogP) is 5.66. The molecule has 0 spiro atoms. The first-order valence-electron chi connectivity index (χ1n) is 14.5. The Morgan fingerprint density at radius 2 is 0.625 bits per heavy atom. The third-order valence-corrected chi connectivity index (χ3v) is 19.3. The number of rotatable bonds is 14. The molecule has 0 saturated carbocycles. The maximum absolute atomic E-state index is 14.3. The zero-order valence-corrected chi connectivity index (χ0v) is 28.8. The van der Waals surface area contributed by atoms with Crippen molar-refractivity contribution in [2.45, 2.75) is 53.4 Å². The maximum atomic E-state index is 14.3. The summed E-state index contributed by atoms with van der Waals surface area (Å²) in [5.74, 6) is 4.44. The van der Waals surface area contributed by atoms with E-state index in [2.05, 4.69) is 11.8 Å². The molecule has 0 radical (unpaired) electrons. The molecule has 0 saturated heterocycles.